The van der Waals surface area contributed by atoms with Crippen molar-refractivity contribution in [3.8, 4) is 0 Å². The lowest BCUT2D eigenvalue weighted by Crippen LogP contribution is -2.40. The van der Waals surface area contributed by atoms with E-state index in [-0.39, 0.29) is 22.9 Å². The number of benzene rings is 1. The molecule has 2 rings (SSSR count). The van der Waals surface area contributed by atoms with Crippen molar-refractivity contribution in [3.63, 3.8) is 0 Å². The van der Waals surface area contributed by atoms with E-state index < -0.39 is 5.82 Å². The molecule has 4 N–H and O–H groups in total. The first-order chi connectivity index (χ1) is 9.94. The predicted molar refractivity (Wildman–Crippen MR) is 79.3 cm³/mol. The highest BCUT2D eigenvalue weighted by Crippen LogP contribution is 2.43. The molecule has 0 bridgehead atoms. The highest BCUT2D eigenvalue weighted by molar-refractivity contribution is 5.93. The lowest BCUT2D eigenvalue weighted by atomic mass is 9.66. The zero-order chi connectivity index (χ0) is 15.5. The first-order valence-electron chi connectivity index (χ1n) is 7.01. The molecule has 0 atom stereocenters. The zero-order valence-electron chi connectivity index (χ0n) is 12.0. The van der Waals surface area contributed by atoms with Crippen LogP contribution < -0.4 is 16.4 Å². The largest absolute Gasteiger partial charge is 0.330 e. The van der Waals surface area contributed by atoms with E-state index >= 15 is 0 Å². The van der Waals surface area contributed by atoms with Gasteiger partial charge in [0.15, 0.2) is 0 Å². The summed E-state index contributed by atoms with van der Waals surface area (Å²) in [7, 11) is 0. The Hall–Kier alpha value is -1.95. The Morgan fingerprint density at radius 1 is 1.33 bits per heavy atom. The van der Waals surface area contributed by atoms with Crippen molar-refractivity contribution in [1.29, 1.82) is 0 Å². The van der Waals surface area contributed by atoms with E-state index in [1.807, 2.05) is 0 Å². The van der Waals surface area contributed by atoms with Crippen molar-refractivity contribution in [2.24, 2.45) is 11.1 Å². The fraction of sp³-hybridized carbons (Fsp3) is 0.467. The molecule has 0 aromatic heterocycles. The van der Waals surface area contributed by atoms with E-state index in [9.17, 15) is 14.0 Å². The molecule has 0 heterocycles. The monoisotopic (exact) mass is 293 g/mol. The summed E-state index contributed by atoms with van der Waals surface area (Å²) in [6.07, 6.45) is 3.42. The van der Waals surface area contributed by atoms with Crippen LogP contribution in [-0.2, 0) is 9.59 Å². The minimum atomic E-state index is -0.541. The number of nitrogens with one attached hydrogen (secondary N) is 2. The van der Waals surface area contributed by atoms with Gasteiger partial charge in [-0.25, -0.2) is 4.39 Å². The van der Waals surface area contributed by atoms with Crippen molar-refractivity contribution in [2.75, 3.05) is 17.2 Å². The number of hydrogen-bond donors (Lipinski definition) is 3. The molecule has 5 nitrogen and oxygen atoms in total. The summed E-state index contributed by atoms with van der Waals surface area (Å²) in [6.45, 7) is 1.80. The van der Waals surface area contributed by atoms with Gasteiger partial charge < -0.3 is 16.4 Å². The lowest BCUT2D eigenvalue weighted by molar-refractivity contribution is -0.119. The van der Waals surface area contributed by atoms with Gasteiger partial charge in [0.1, 0.15) is 5.82 Å². The normalized spacial score (nSPS) is 16.0. The SMILES string of the molecule is CC(=O)Nc1cc(NC(=O)CC2(CN)CCC2)ccc1F. The molecule has 21 heavy (non-hydrogen) atoms. The van der Waals surface area contributed by atoms with Crippen LogP contribution in [0.1, 0.15) is 32.6 Å². The molecule has 2 amide bonds. The maximum absolute atomic E-state index is 13.5. The number of hydrogen-bond acceptors (Lipinski definition) is 3. The van der Waals surface area contributed by atoms with Crippen LogP contribution in [0.15, 0.2) is 18.2 Å². The van der Waals surface area contributed by atoms with E-state index in [0.29, 0.717) is 18.7 Å². The van der Waals surface area contributed by atoms with Gasteiger partial charge >= 0.3 is 0 Å². The first-order valence-corrected chi connectivity index (χ1v) is 7.01. The van der Waals surface area contributed by atoms with Crippen LogP contribution in [0.3, 0.4) is 0 Å². The molecule has 1 fully saturated rings. The van der Waals surface area contributed by atoms with Crippen LogP contribution in [0.5, 0.6) is 0 Å². The third-order valence-corrected chi connectivity index (χ3v) is 3.94. The van der Waals surface area contributed by atoms with Crippen molar-refractivity contribution in [3.05, 3.63) is 24.0 Å². The third kappa shape index (κ3) is 3.78. The fourth-order valence-electron chi connectivity index (χ4n) is 2.56. The second-order valence-corrected chi connectivity index (χ2v) is 5.66. The van der Waals surface area contributed by atoms with Crippen LogP contribution in [0.25, 0.3) is 0 Å². The molecular weight excluding hydrogens is 273 g/mol. The smallest absolute Gasteiger partial charge is 0.224 e. The van der Waals surface area contributed by atoms with Crippen molar-refractivity contribution in [2.45, 2.75) is 32.6 Å². The number of amides is 2. The quantitative estimate of drug-likeness (QED) is 0.778. The number of halogens is 1. The van der Waals surface area contributed by atoms with E-state index in [1.165, 1.54) is 25.1 Å². The van der Waals surface area contributed by atoms with Crippen molar-refractivity contribution in [1.82, 2.24) is 0 Å². The number of carbonyl (C=O) groups is 2. The average Bonchev–Trinajstić information content (AvgIpc) is 2.37. The molecule has 0 spiro atoms. The van der Waals surface area contributed by atoms with Gasteiger partial charge in [0, 0.05) is 19.0 Å². The summed E-state index contributed by atoms with van der Waals surface area (Å²) >= 11 is 0. The molecule has 1 aromatic carbocycles. The summed E-state index contributed by atoms with van der Waals surface area (Å²) < 4.78 is 13.5. The molecule has 0 unspecified atom stereocenters. The molecule has 0 radical (unpaired) electrons. The Balaban J connectivity index is 2.02. The summed E-state index contributed by atoms with van der Waals surface area (Å²) in [4.78, 5) is 23.0. The van der Waals surface area contributed by atoms with Crippen LogP contribution >= 0.6 is 0 Å². The molecule has 6 heteroatoms. The topological polar surface area (TPSA) is 84.2 Å². The Morgan fingerprint density at radius 2 is 2.05 bits per heavy atom. The molecule has 1 saturated carbocycles. The van der Waals surface area contributed by atoms with Crippen LogP contribution in [0, 0.1) is 11.2 Å². The second-order valence-electron chi connectivity index (χ2n) is 5.66. The lowest BCUT2D eigenvalue weighted by Gasteiger charge is -2.40. The Kier molecular flexibility index (Phi) is 4.57. The highest BCUT2D eigenvalue weighted by atomic mass is 19.1. The highest BCUT2D eigenvalue weighted by Gasteiger charge is 2.37. The summed E-state index contributed by atoms with van der Waals surface area (Å²) in [5.41, 5.74) is 6.16. The van der Waals surface area contributed by atoms with E-state index in [0.717, 1.165) is 19.3 Å². The zero-order valence-corrected chi connectivity index (χ0v) is 12.0. The molecular formula is C15H20FN3O2. The van der Waals surface area contributed by atoms with E-state index in [4.69, 9.17) is 5.73 Å². The number of anilines is 2. The average molecular weight is 293 g/mol. The maximum Gasteiger partial charge on any atom is 0.224 e. The Bertz CT molecular complexity index is 550. The van der Waals surface area contributed by atoms with Gasteiger partial charge in [-0.15, -0.1) is 0 Å². The molecule has 1 aromatic rings. The third-order valence-electron chi connectivity index (χ3n) is 3.94. The summed E-state index contributed by atoms with van der Waals surface area (Å²) in [6, 6.07) is 4.09. The van der Waals surface area contributed by atoms with Crippen molar-refractivity contribution >= 4 is 23.2 Å². The van der Waals surface area contributed by atoms with Crippen molar-refractivity contribution < 1.29 is 14.0 Å². The number of nitrogens with two attached hydrogens (primary N) is 1. The van der Waals surface area contributed by atoms with Gasteiger partial charge in [-0.1, -0.05) is 6.42 Å². The predicted octanol–water partition coefficient (Wildman–Crippen LogP) is 2.24. The Morgan fingerprint density at radius 3 is 2.57 bits per heavy atom. The standard InChI is InChI=1S/C15H20FN3O2/c1-10(20)18-13-7-11(3-4-12(13)16)19-14(21)8-15(9-17)5-2-6-15/h3-4,7H,2,5-6,8-9,17H2,1H3,(H,18,20)(H,19,21). The van der Waals surface area contributed by atoms with Crippen LogP contribution in [-0.4, -0.2) is 18.4 Å². The van der Waals surface area contributed by atoms with E-state index in [2.05, 4.69) is 10.6 Å². The fourth-order valence-corrected chi connectivity index (χ4v) is 2.56. The molecule has 0 aliphatic heterocycles. The van der Waals surface area contributed by atoms with Crippen LogP contribution in [0.4, 0.5) is 15.8 Å². The van der Waals surface area contributed by atoms with Crippen LogP contribution in [0.2, 0.25) is 0 Å². The molecule has 0 saturated heterocycles. The van der Waals surface area contributed by atoms with Gasteiger partial charge in [-0.05, 0) is 43.0 Å². The van der Waals surface area contributed by atoms with Gasteiger partial charge in [0.05, 0.1) is 5.69 Å². The molecule has 1 aliphatic carbocycles. The first kappa shape index (κ1) is 15.4. The number of carbonyl (C=O) groups excluding carboxylic acids is 2. The molecule has 1 aliphatic rings. The van der Waals surface area contributed by atoms with Gasteiger partial charge in [0.2, 0.25) is 11.8 Å². The van der Waals surface area contributed by atoms with Gasteiger partial charge in [-0.2, -0.15) is 0 Å². The van der Waals surface area contributed by atoms with Gasteiger partial charge in [-0.3, -0.25) is 9.59 Å². The maximum atomic E-state index is 13.5. The summed E-state index contributed by atoms with van der Waals surface area (Å²) in [5.74, 6) is -1.05. The minimum absolute atomic E-state index is 0.0532. The molecule has 114 valence electrons. The second kappa shape index (κ2) is 6.22. The van der Waals surface area contributed by atoms with E-state index in [1.54, 1.807) is 0 Å². The minimum Gasteiger partial charge on any atom is -0.330 e. The van der Waals surface area contributed by atoms with Gasteiger partial charge in [0.25, 0.3) is 0 Å². The summed E-state index contributed by atoms with van der Waals surface area (Å²) in [5, 5.41) is 5.11. The number of rotatable bonds is 5. The Labute approximate surface area is 123 Å².